The van der Waals surface area contributed by atoms with Crippen molar-refractivity contribution in [1.29, 1.82) is 0 Å². The Balaban J connectivity index is 1.93. The molecule has 0 atom stereocenters. The van der Waals surface area contributed by atoms with Gasteiger partial charge in [-0.1, -0.05) is 0 Å². The van der Waals surface area contributed by atoms with Crippen LogP contribution in [-0.4, -0.2) is 16.9 Å². The van der Waals surface area contributed by atoms with E-state index in [2.05, 4.69) is 5.32 Å². The van der Waals surface area contributed by atoms with Crippen molar-refractivity contribution in [1.82, 2.24) is 5.32 Å². The summed E-state index contributed by atoms with van der Waals surface area (Å²) in [6.07, 6.45) is 3.02. The number of nitrogens with two attached hydrogens (primary N) is 1. The van der Waals surface area contributed by atoms with Gasteiger partial charge in [-0.05, 0) is 37.8 Å². The third-order valence-electron chi connectivity index (χ3n) is 3.95. The summed E-state index contributed by atoms with van der Waals surface area (Å²) in [5.74, 6) is -0.837. The molecule has 0 bridgehead atoms. The molecule has 6 nitrogen and oxygen atoms in total. The van der Waals surface area contributed by atoms with E-state index in [0.717, 1.165) is 31.7 Å². The number of nitrogens with one attached hydrogen (secondary N) is 1. The van der Waals surface area contributed by atoms with Crippen molar-refractivity contribution in [2.75, 3.05) is 0 Å². The maximum atomic E-state index is 13.2. The molecule has 114 valence electrons. The topological polar surface area (TPSA) is 98.3 Å². The van der Waals surface area contributed by atoms with E-state index in [0.29, 0.717) is 5.56 Å². The number of hydrogen-bond acceptors (Lipinski definition) is 4. The molecule has 1 aromatic carbocycles. The molecule has 1 amide bonds. The number of nitrogens with zero attached hydrogens (tertiary/aromatic N) is 1. The minimum absolute atomic E-state index is 0.0773. The minimum atomic E-state index is -0.513. The van der Waals surface area contributed by atoms with E-state index in [1.165, 1.54) is 12.1 Å². The Morgan fingerprint density at radius 2 is 2.05 bits per heavy atom. The van der Waals surface area contributed by atoms with Gasteiger partial charge in [0.2, 0.25) is 5.91 Å². The van der Waals surface area contributed by atoms with E-state index < -0.39 is 10.7 Å². The van der Waals surface area contributed by atoms with Crippen LogP contribution in [0, 0.1) is 21.8 Å². The Kier molecular flexibility index (Phi) is 4.85. The van der Waals surface area contributed by atoms with Crippen LogP contribution in [0.2, 0.25) is 0 Å². The quantitative estimate of drug-likeness (QED) is 0.640. The lowest BCUT2D eigenvalue weighted by Gasteiger charge is -2.27. The number of carbonyl (C=O) groups is 1. The van der Waals surface area contributed by atoms with Gasteiger partial charge in [-0.25, -0.2) is 4.39 Å². The van der Waals surface area contributed by atoms with Crippen LogP contribution < -0.4 is 11.1 Å². The molecule has 1 saturated carbocycles. The first kappa shape index (κ1) is 15.4. The molecule has 1 aliphatic rings. The highest BCUT2D eigenvalue weighted by molar-refractivity contribution is 5.76. The maximum absolute atomic E-state index is 13.2. The van der Waals surface area contributed by atoms with E-state index in [1.54, 1.807) is 0 Å². The second-order valence-electron chi connectivity index (χ2n) is 5.36. The van der Waals surface area contributed by atoms with Gasteiger partial charge in [0, 0.05) is 30.1 Å². The van der Waals surface area contributed by atoms with Crippen LogP contribution in [0.3, 0.4) is 0 Å². The van der Waals surface area contributed by atoms with Crippen molar-refractivity contribution in [2.45, 2.75) is 38.3 Å². The lowest BCUT2D eigenvalue weighted by atomic mass is 9.85. The SMILES string of the molecule is NC(=O)C1CCC(NCc2cc(F)ccc2[N+](=O)[O-])CC1. The molecule has 0 unspecified atom stereocenters. The summed E-state index contributed by atoms with van der Waals surface area (Å²) >= 11 is 0. The molecular formula is C14H18FN3O3. The summed E-state index contributed by atoms with van der Waals surface area (Å²) < 4.78 is 13.2. The molecule has 1 aromatic rings. The first-order valence-corrected chi connectivity index (χ1v) is 6.93. The van der Waals surface area contributed by atoms with E-state index in [1.807, 2.05) is 0 Å². The van der Waals surface area contributed by atoms with Crippen LogP contribution in [0.15, 0.2) is 18.2 Å². The number of hydrogen-bond donors (Lipinski definition) is 2. The summed E-state index contributed by atoms with van der Waals surface area (Å²) in [5, 5.41) is 14.1. The van der Waals surface area contributed by atoms with E-state index in [9.17, 15) is 19.3 Å². The highest BCUT2D eigenvalue weighted by Gasteiger charge is 2.25. The molecule has 7 heteroatoms. The molecular weight excluding hydrogens is 277 g/mol. The molecule has 2 rings (SSSR count). The Bertz CT molecular complexity index is 542. The predicted molar refractivity (Wildman–Crippen MR) is 74.8 cm³/mol. The molecule has 1 aliphatic carbocycles. The molecule has 0 radical (unpaired) electrons. The average Bonchev–Trinajstić information content (AvgIpc) is 2.45. The zero-order valence-corrected chi connectivity index (χ0v) is 11.5. The Labute approximate surface area is 121 Å². The van der Waals surface area contributed by atoms with Crippen LogP contribution in [0.25, 0.3) is 0 Å². The number of amides is 1. The van der Waals surface area contributed by atoms with Crippen LogP contribution in [-0.2, 0) is 11.3 Å². The smallest absolute Gasteiger partial charge is 0.274 e. The highest BCUT2D eigenvalue weighted by Crippen LogP contribution is 2.25. The summed E-state index contributed by atoms with van der Waals surface area (Å²) in [6, 6.07) is 3.61. The van der Waals surface area contributed by atoms with Crippen LogP contribution >= 0.6 is 0 Å². The van der Waals surface area contributed by atoms with E-state index in [-0.39, 0.29) is 30.1 Å². The number of nitro benzene ring substituents is 1. The number of carbonyl (C=O) groups excluding carboxylic acids is 1. The summed E-state index contributed by atoms with van der Waals surface area (Å²) in [4.78, 5) is 21.5. The molecule has 0 spiro atoms. The van der Waals surface area contributed by atoms with Gasteiger partial charge in [0.05, 0.1) is 4.92 Å². The second-order valence-corrected chi connectivity index (χ2v) is 5.36. The van der Waals surface area contributed by atoms with Crippen molar-refractivity contribution in [3.63, 3.8) is 0 Å². The lowest BCUT2D eigenvalue weighted by Crippen LogP contribution is -2.36. The third-order valence-corrected chi connectivity index (χ3v) is 3.95. The molecule has 3 N–H and O–H groups in total. The standard InChI is InChI=1S/C14H18FN3O3/c15-11-3-6-13(18(20)21)10(7-11)8-17-12-4-1-9(2-5-12)14(16)19/h3,6-7,9,12,17H,1-2,4-5,8H2,(H2,16,19). The molecule has 0 saturated heterocycles. The van der Waals surface area contributed by atoms with E-state index >= 15 is 0 Å². The number of nitro groups is 1. The largest absolute Gasteiger partial charge is 0.369 e. The average molecular weight is 295 g/mol. The molecule has 0 aliphatic heterocycles. The second kappa shape index (κ2) is 6.62. The molecule has 1 fully saturated rings. The van der Waals surface area contributed by atoms with Crippen molar-refractivity contribution in [3.8, 4) is 0 Å². The number of primary amides is 1. The Hall–Kier alpha value is -2.02. The minimum Gasteiger partial charge on any atom is -0.369 e. The number of halogens is 1. The number of benzene rings is 1. The zero-order chi connectivity index (χ0) is 15.4. The monoisotopic (exact) mass is 295 g/mol. The molecule has 0 heterocycles. The molecule has 0 aromatic heterocycles. The van der Waals surface area contributed by atoms with Crippen LogP contribution in [0.4, 0.5) is 10.1 Å². The first-order valence-electron chi connectivity index (χ1n) is 6.93. The van der Waals surface area contributed by atoms with Gasteiger partial charge in [-0.3, -0.25) is 14.9 Å². The van der Waals surface area contributed by atoms with Gasteiger partial charge in [0.25, 0.3) is 5.69 Å². The fourth-order valence-corrected chi connectivity index (χ4v) is 2.71. The van der Waals surface area contributed by atoms with Gasteiger partial charge < -0.3 is 11.1 Å². The zero-order valence-electron chi connectivity index (χ0n) is 11.5. The third kappa shape index (κ3) is 3.98. The van der Waals surface area contributed by atoms with Crippen molar-refractivity contribution >= 4 is 11.6 Å². The molecule has 21 heavy (non-hydrogen) atoms. The summed E-state index contributed by atoms with van der Waals surface area (Å²) in [7, 11) is 0. The number of rotatable bonds is 5. The van der Waals surface area contributed by atoms with E-state index in [4.69, 9.17) is 5.73 Å². The van der Waals surface area contributed by atoms with Crippen molar-refractivity contribution in [3.05, 3.63) is 39.7 Å². The van der Waals surface area contributed by atoms with Crippen LogP contribution in [0.1, 0.15) is 31.2 Å². The summed E-state index contributed by atoms with van der Waals surface area (Å²) in [6.45, 7) is 0.236. The van der Waals surface area contributed by atoms with Gasteiger partial charge in [0.15, 0.2) is 0 Å². The normalized spacial score (nSPS) is 22.0. The Morgan fingerprint density at radius 3 is 2.62 bits per heavy atom. The highest BCUT2D eigenvalue weighted by atomic mass is 19.1. The first-order chi connectivity index (χ1) is 9.97. The lowest BCUT2D eigenvalue weighted by molar-refractivity contribution is -0.385. The van der Waals surface area contributed by atoms with Gasteiger partial charge >= 0.3 is 0 Å². The van der Waals surface area contributed by atoms with Gasteiger partial charge in [0.1, 0.15) is 5.82 Å². The van der Waals surface area contributed by atoms with Crippen molar-refractivity contribution < 1.29 is 14.1 Å². The van der Waals surface area contributed by atoms with Crippen LogP contribution in [0.5, 0.6) is 0 Å². The Morgan fingerprint density at radius 1 is 1.38 bits per heavy atom. The van der Waals surface area contributed by atoms with Gasteiger partial charge in [-0.2, -0.15) is 0 Å². The fourth-order valence-electron chi connectivity index (χ4n) is 2.71. The van der Waals surface area contributed by atoms with Crippen molar-refractivity contribution in [2.24, 2.45) is 11.7 Å². The fraction of sp³-hybridized carbons (Fsp3) is 0.500. The summed E-state index contributed by atoms with van der Waals surface area (Å²) in [5.41, 5.74) is 5.51. The predicted octanol–water partition coefficient (Wildman–Crippen LogP) is 1.87. The van der Waals surface area contributed by atoms with Gasteiger partial charge in [-0.15, -0.1) is 0 Å². The maximum Gasteiger partial charge on any atom is 0.274 e.